The zero-order valence-electron chi connectivity index (χ0n) is 14.6. The number of hydrogen-bond acceptors (Lipinski definition) is 3. The number of rotatable bonds is 3. The van der Waals surface area contributed by atoms with Gasteiger partial charge in [0.25, 0.3) is 5.91 Å². The number of halogens is 1. The average molecular weight is 339 g/mol. The van der Waals surface area contributed by atoms with E-state index in [4.69, 9.17) is 7.10 Å². The Bertz CT molecular complexity index is 977. The SMILES string of the molecule is [2H][C@@]1(c2ccc(-n3cc4cc(F)cc(C(N)=O)c4n3)cc2)CCCNC1. The number of nitrogens with one attached hydrogen (secondary N) is 1. The molecule has 2 heterocycles. The molecule has 1 fully saturated rings. The average Bonchev–Trinajstić information content (AvgIpc) is 3.05. The molecule has 2 aromatic carbocycles. The lowest BCUT2D eigenvalue weighted by molar-refractivity contribution is 0.100. The highest BCUT2D eigenvalue weighted by Crippen LogP contribution is 2.25. The Morgan fingerprint density at radius 2 is 2.16 bits per heavy atom. The third-order valence-corrected chi connectivity index (χ3v) is 4.55. The van der Waals surface area contributed by atoms with Crippen molar-refractivity contribution in [3.63, 3.8) is 0 Å². The summed E-state index contributed by atoms with van der Waals surface area (Å²) in [6.07, 6.45) is 3.47. The van der Waals surface area contributed by atoms with E-state index in [0.717, 1.165) is 36.7 Å². The predicted octanol–water partition coefficient (Wildman–Crippen LogP) is 2.73. The van der Waals surface area contributed by atoms with Crippen LogP contribution in [0.15, 0.2) is 42.6 Å². The van der Waals surface area contributed by atoms with Crippen LogP contribution in [0.5, 0.6) is 0 Å². The van der Waals surface area contributed by atoms with Gasteiger partial charge >= 0.3 is 0 Å². The lowest BCUT2D eigenvalue weighted by atomic mass is 9.92. The smallest absolute Gasteiger partial charge is 0.251 e. The molecule has 0 spiro atoms. The summed E-state index contributed by atoms with van der Waals surface area (Å²) in [6, 6.07) is 10.0. The summed E-state index contributed by atoms with van der Waals surface area (Å²) < 4.78 is 23.9. The number of hydrogen-bond donors (Lipinski definition) is 2. The highest BCUT2D eigenvalue weighted by atomic mass is 19.1. The van der Waals surface area contributed by atoms with Crippen LogP contribution in [0.25, 0.3) is 16.6 Å². The summed E-state index contributed by atoms with van der Waals surface area (Å²) in [4.78, 5) is 11.5. The van der Waals surface area contributed by atoms with Gasteiger partial charge in [-0.15, -0.1) is 0 Å². The van der Waals surface area contributed by atoms with Gasteiger partial charge in [-0.1, -0.05) is 12.1 Å². The third kappa shape index (κ3) is 3.00. The number of fused-ring (bicyclic) bond motifs is 1. The second-order valence-corrected chi connectivity index (χ2v) is 6.26. The Balaban J connectivity index is 1.72. The molecule has 0 unspecified atom stereocenters. The fourth-order valence-corrected chi connectivity index (χ4v) is 3.27. The summed E-state index contributed by atoms with van der Waals surface area (Å²) in [6.45, 7) is 1.59. The van der Waals surface area contributed by atoms with Crippen LogP contribution in [-0.4, -0.2) is 28.8 Å². The van der Waals surface area contributed by atoms with E-state index in [2.05, 4.69) is 10.4 Å². The first-order chi connectivity index (χ1) is 12.5. The molecule has 3 aromatic rings. The lowest BCUT2D eigenvalue weighted by Crippen LogP contribution is -2.28. The fraction of sp³-hybridized carbons (Fsp3) is 0.263. The van der Waals surface area contributed by atoms with Crippen LogP contribution < -0.4 is 11.1 Å². The van der Waals surface area contributed by atoms with Gasteiger partial charge in [-0.2, -0.15) is 5.10 Å². The quantitative estimate of drug-likeness (QED) is 0.771. The Hall–Kier alpha value is -2.73. The second-order valence-electron chi connectivity index (χ2n) is 6.26. The largest absolute Gasteiger partial charge is 0.366 e. The van der Waals surface area contributed by atoms with E-state index in [1.165, 1.54) is 6.07 Å². The number of benzene rings is 2. The maximum Gasteiger partial charge on any atom is 0.251 e. The molecular weight excluding hydrogens is 319 g/mol. The van der Waals surface area contributed by atoms with Crippen molar-refractivity contribution in [2.24, 2.45) is 5.73 Å². The summed E-state index contributed by atoms with van der Waals surface area (Å²) in [5.74, 6) is -1.85. The standard InChI is InChI=1S/C19H19FN4O/c20-15-8-14-11-24(23-18(14)17(9-15)19(21)25)16-5-3-12(4-6-16)13-2-1-7-22-10-13/h3-6,8-9,11,13,22H,1-2,7,10H2,(H2,21,25)/t13-/m1/s1/i13D. The van der Waals surface area contributed by atoms with Gasteiger partial charge in [0.2, 0.25) is 0 Å². The van der Waals surface area contributed by atoms with E-state index in [-0.39, 0.29) is 5.56 Å². The molecule has 0 bridgehead atoms. The molecule has 5 nitrogen and oxygen atoms in total. The summed E-state index contributed by atoms with van der Waals surface area (Å²) in [5, 5.41) is 8.18. The van der Waals surface area contributed by atoms with Crippen molar-refractivity contribution in [3.05, 3.63) is 59.5 Å². The van der Waals surface area contributed by atoms with Crippen molar-refractivity contribution in [1.29, 1.82) is 0 Å². The molecule has 6 heteroatoms. The van der Waals surface area contributed by atoms with Crippen LogP contribution in [0, 0.1) is 5.82 Å². The van der Waals surface area contributed by atoms with Crippen LogP contribution >= 0.6 is 0 Å². The number of carbonyl (C=O) groups excluding carboxylic acids is 1. The van der Waals surface area contributed by atoms with E-state index < -0.39 is 17.6 Å². The van der Waals surface area contributed by atoms with Gasteiger partial charge in [-0.3, -0.25) is 4.79 Å². The Morgan fingerprint density at radius 1 is 1.36 bits per heavy atom. The van der Waals surface area contributed by atoms with Crippen molar-refractivity contribution in [1.82, 2.24) is 15.1 Å². The zero-order chi connectivity index (χ0) is 18.3. The molecule has 1 atom stereocenters. The van der Waals surface area contributed by atoms with Crippen LogP contribution in [0.2, 0.25) is 0 Å². The Kier molecular flexibility index (Phi) is 3.67. The number of carbonyl (C=O) groups is 1. The van der Waals surface area contributed by atoms with Gasteiger partial charge in [-0.05, 0) is 55.1 Å². The van der Waals surface area contributed by atoms with Crippen molar-refractivity contribution in [2.45, 2.75) is 18.7 Å². The maximum atomic E-state index is 13.7. The van der Waals surface area contributed by atoms with Gasteiger partial charge < -0.3 is 11.1 Å². The molecule has 0 aliphatic carbocycles. The minimum atomic E-state index is -0.712. The zero-order valence-corrected chi connectivity index (χ0v) is 13.6. The first-order valence-corrected chi connectivity index (χ1v) is 8.27. The van der Waals surface area contributed by atoms with Gasteiger partial charge in [-0.25, -0.2) is 9.07 Å². The minimum Gasteiger partial charge on any atom is -0.366 e. The number of aromatic nitrogens is 2. The van der Waals surface area contributed by atoms with Gasteiger partial charge in [0, 0.05) is 19.5 Å². The first-order valence-electron chi connectivity index (χ1n) is 8.77. The summed E-state index contributed by atoms with van der Waals surface area (Å²) in [7, 11) is 0. The molecule has 3 N–H and O–H groups in total. The van der Waals surface area contributed by atoms with Gasteiger partial charge in [0.1, 0.15) is 11.3 Å². The first kappa shape index (κ1) is 14.6. The van der Waals surface area contributed by atoms with Crippen molar-refractivity contribution < 1.29 is 10.6 Å². The van der Waals surface area contributed by atoms with Crippen LogP contribution in [-0.2, 0) is 0 Å². The van der Waals surface area contributed by atoms with Gasteiger partial charge in [0.05, 0.1) is 11.3 Å². The summed E-state index contributed by atoms with van der Waals surface area (Å²) in [5.41, 5.74) is 7.49. The molecule has 1 aliphatic heterocycles. The highest BCUT2D eigenvalue weighted by molar-refractivity contribution is 6.04. The van der Waals surface area contributed by atoms with Crippen molar-refractivity contribution in [2.75, 3.05) is 13.1 Å². The molecule has 25 heavy (non-hydrogen) atoms. The number of nitrogens with two attached hydrogens (primary N) is 1. The number of amides is 1. The Labute approximate surface area is 146 Å². The third-order valence-electron chi connectivity index (χ3n) is 4.55. The van der Waals surface area contributed by atoms with Crippen LogP contribution in [0.3, 0.4) is 0 Å². The monoisotopic (exact) mass is 339 g/mol. The topological polar surface area (TPSA) is 72.9 Å². The molecule has 4 rings (SSSR count). The van der Waals surface area contributed by atoms with E-state index in [1.807, 2.05) is 24.3 Å². The molecule has 128 valence electrons. The molecule has 1 aromatic heterocycles. The van der Waals surface area contributed by atoms with Crippen molar-refractivity contribution in [3.8, 4) is 5.69 Å². The maximum absolute atomic E-state index is 13.7. The number of piperidine rings is 1. The minimum absolute atomic E-state index is 0.0637. The van der Waals surface area contributed by atoms with E-state index in [1.54, 1.807) is 10.9 Å². The Morgan fingerprint density at radius 3 is 2.84 bits per heavy atom. The lowest BCUT2D eigenvalue weighted by Gasteiger charge is -2.23. The van der Waals surface area contributed by atoms with Crippen molar-refractivity contribution >= 4 is 16.8 Å². The molecular formula is C19H19FN4O. The molecule has 1 aliphatic rings. The van der Waals surface area contributed by atoms with E-state index in [0.29, 0.717) is 17.4 Å². The molecule has 0 radical (unpaired) electrons. The number of nitrogens with zero attached hydrogens (tertiary/aromatic N) is 2. The van der Waals surface area contributed by atoms with Crippen LogP contribution in [0.4, 0.5) is 4.39 Å². The normalized spacial score (nSPS) is 21.2. The van der Waals surface area contributed by atoms with Gasteiger partial charge in [0.15, 0.2) is 0 Å². The fourth-order valence-electron chi connectivity index (χ4n) is 3.27. The predicted molar refractivity (Wildman–Crippen MR) is 94.4 cm³/mol. The molecule has 0 saturated carbocycles. The summed E-state index contributed by atoms with van der Waals surface area (Å²) >= 11 is 0. The number of primary amides is 1. The van der Waals surface area contributed by atoms with E-state index >= 15 is 0 Å². The van der Waals surface area contributed by atoms with E-state index in [9.17, 15) is 9.18 Å². The molecule has 1 saturated heterocycles. The highest BCUT2D eigenvalue weighted by Gasteiger charge is 2.16. The van der Waals surface area contributed by atoms with Crippen LogP contribution in [0.1, 0.15) is 36.0 Å². The second kappa shape index (κ2) is 6.29. The molecule has 1 amide bonds.